The molecule has 1 aromatic carbocycles. The van der Waals surface area contributed by atoms with E-state index in [0.29, 0.717) is 0 Å². The number of carbonyl (C=O) groups excluding carboxylic acids is 2. The quantitative estimate of drug-likeness (QED) is 0.460. The molecular formula is C17H22N2O6. The topological polar surface area (TPSA) is 99.0 Å². The maximum Gasteiger partial charge on any atom is 0.338 e. The lowest BCUT2D eigenvalue weighted by atomic mass is 9.97. The van der Waals surface area contributed by atoms with E-state index in [1.54, 1.807) is 4.90 Å². The number of rotatable bonds is 5. The summed E-state index contributed by atoms with van der Waals surface area (Å²) in [6.07, 6.45) is 2.92. The number of benzene rings is 1. The van der Waals surface area contributed by atoms with Crippen LogP contribution in [0.15, 0.2) is 18.2 Å². The summed E-state index contributed by atoms with van der Waals surface area (Å²) in [5.41, 5.74) is -0.332. The molecule has 1 aliphatic heterocycles. The lowest BCUT2D eigenvalue weighted by molar-refractivity contribution is -0.385. The number of carbonyl (C=O) groups is 2. The molecule has 0 N–H and O–H groups in total. The van der Waals surface area contributed by atoms with Gasteiger partial charge in [-0.3, -0.25) is 14.9 Å². The smallest absolute Gasteiger partial charge is 0.338 e. The molecule has 0 saturated carbocycles. The Balaban J connectivity index is 2.03. The van der Waals surface area contributed by atoms with Gasteiger partial charge in [0.25, 0.3) is 5.91 Å². The second-order valence-electron chi connectivity index (χ2n) is 6.15. The van der Waals surface area contributed by atoms with Crippen molar-refractivity contribution in [2.75, 3.05) is 13.7 Å². The third kappa shape index (κ3) is 4.26. The minimum Gasteiger partial charge on any atom is -0.490 e. The van der Waals surface area contributed by atoms with Gasteiger partial charge in [-0.25, -0.2) is 4.79 Å². The third-order valence-electron chi connectivity index (χ3n) is 4.42. The number of methoxy groups -OCH3 is 1. The van der Waals surface area contributed by atoms with E-state index in [1.165, 1.54) is 19.2 Å². The van der Waals surface area contributed by atoms with Crippen LogP contribution in [0.1, 0.15) is 43.5 Å². The molecule has 1 aromatic rings. The van der Waals surface area contributed by atoms with Crippen LogP contribution in [0.25, 0.3) is 0 Å². The van der Waals surface area contributed by atoms with Gasteiger partial charge in [-0.05, 0) is 45.2 Å². The largest absolute Gasteiger partial charge is 0.490 e. The van der Waals surface area contributed by atoms with E-state index in [2.05, 4.69) is 0 Å². The number of nitro groups is 1. The van der Waals surface area contributed by atoms with Crippen LogP contribution in [-0.2, 0) is 9.53 Å². The molecule has 1 fully saturated rings. The Morgan fingerprint density at radius 3 is 2.48 bits per heavy atom. The highest BCUT2D eigenvalue weighted by Gasteiger charge is 2.29. The fourth-order valence-corrected chi connectivity index (χ4v) is 3.16. The Hall–Kier alpha value is -2.64. The maximum absolute atomic E-state index is 12.4. The number of hydrogen-bond donors (Lipinski definition) is 0. The van der Waals surface area contributed by atoms with E-state index in [0.717, 1.165) is 25.3 Å². The highest BCUT2D eigenvalue weighted by molar-refractivity contribution is 5.92. The van der Waals surface area contributed by atoms with E-state index >= 15 is 0 Å². The molecule has 1 heterocycles. The van der Waals surface area contributed by atoms with Crippen molar-refractivity contribution < 1.29 is 24.0 Å². The Morgan fingerprint density at radius 1 is 1.28 bits per heavy atom. The van der Waals surface area contributed by atoms with Gasteiger partial charge >= 0.3 is 11.7 Å². The number of piperidine rings is 1. The van der Waals surface area contributed by atoms with Gasteiger partial charge in [0.05, 0.1) is 17.6 Å². The number of ether oxygens (including phenoxy) is 2. The van der Waals surface area contributed by atoms with Crippen molar-refractivity contribution in [1.82, 2.24) is 4.90 Å². The van der Waals surface area contributed by atoms with Gasteiger partial charge in [-0.15, -0.1) is 0 Å². The van der Waals surface area contributed by atoms with E-state index in [-0.39, 0.29) is 41.6 Å². The number of nitro benzene ring substituents is 1. The third-order valence-corrected chi connectivity index (χ3v) is 4.42. The zero-order valence-electron chi connectivity index (χ0n) is 14.6. The standard InChI is InChI=1S/C17H22N2O6/c1-11-5-4-6-12(2)18(11)16(20)10-25-17(21)13-7-8-15(24-3)14(9-13)19(22)23/h7-9,11-12H,4-6,10H2,1-3H3/t11-,12+. The molecule has 0 bridgehead atoms. The molecule has 0 radical (unpaired) electrons. The number of esters is 1. The number of hydrogen-bond acceptors (Lipinski definition) is 6. The van der Waals surface area contributed by atoms with Gasteiger partial charge in [0.1, 0.15) is 0 Å². The molecule has 0 aliphatic carbocycles. The predicted octanol–water partition coefficient (Wildman–Crippen LogP) is 2.55. The fourth-order valence-electron chi connectivity index (χ4n) is 3.16. The molecule has 2 rings (SSSR count). The molecule has 0 spiro atoms. The molecule has 8 nitrogen and oxygen atoms in total. The van der Waals surface area contributed by atoms with E-state index in [9.17, 15) is 19.7 Å². The SMILES string of the molecule is COc1ccc(C(=O)OCC(=O)N2[C@H](C)CCC[C@@H]2C)cc1[N+](=O)[O-]. The van der Waals surface area contributed by atoms with Crippen LogP contribution in [0, 0.1) is 10.1 Å². The van der Waals surface area contributed by atoms with Crippen LogP contribution < -0.4 is 4.74 Å². The lowest BCUT2D eigenvalue weighted by Gasteiger charge is -2.38. The molecule has 136 valence electrons. The molecule has 0 aromatic heterocycles. The molecule has 8 heteroatoms. The van der Waals surface area contributed by atoms with Crippen LogP contribution >= 0.6 is 0 Å². The average Bonchev–Trinajstić information content (AvgIpc) is 2.58. The van der Waals surface area contributed by atoms with Crippen molar-refractivity contribution in [2.45, 2.75) is 45.2 Å². The maximum atomic E-state index is 12.4. The molecule has 0 unspecified atom stereocenters. The molecule has 1 saturated heterocycles. The normalized spacial score (nSPS) is 20.0. The first-order valence-electron chi connectivity index (χ1n) is 8.15. The monoisotopic (exact) mass is 350 g/mol. The summed E-state index contributed by atoms with van der Waals surface area (Å²) in [5, 5.41) is 11.0. The average molecular weight is 350 g/mol. The summed E-state index contributed by atoms with van der Waals surface area (Å²) in [6.45, 7) is 3.57. The van der Waals surface area contributed by atoms with Crippen molar-refractivity contribution in [3.05, 3.63) is 33.9 Å². The van der Waals surface area contributed by atoms with Crippen LogP contribution in [0.2, 0.25) is 0 Å². The second kappa shape index (κ2) is 7.96. The minimum absolute atomic E-state index is 0.0000381. The van der Waals surface area contributed by atoms with E-state index in [4.69, 9.17) is 9.47 Å². The predicted molar refractivity (Wildman–Crippen MR) is 89.6 cm³/mol. The molecular weight excluding hydrogens is 328 g/mol. The number of nitrogens with zero attached hydrogens (tertiary/aromatic N) is 2. The van der Waals surface area contributed by atoms with Crippen molar-refractivity contribution in [3.63, 3.8) is 0 Å². The number of amides is 1. The van der Waals surface area contributed by atoms with Crippen molar-refractivity contribution >= 4 is 17.6 Å². The Kier molecular flexibility index (Phi) is 5.95. The van der Waals surface area contributed by atoms with Gasteiger partial charge in [-0.1, -0.05) is 0 Å². The highest BCUT2D eigenvalue weighted by atomic mass is 16.6. The van der Waals surface area contributed by atoms with Crippen LogP contribution in [0.3, 0.4) is 0 Å². The first kappa shape index (κ1) is 18.7. The summed E-state index contributed by atoms with van der Waals surface area (Å²) in [7, 11) is 1.31. The fraction of sp³-hybridized carbons (Fsp3) is 0.529. The zero-order valence-corrected chi connectivity index (χ0v) is 14.6. The van der Waals surface area contributed by atoms with Crippen LogP contribution in [0.5, 0.6) is 5.75 Å². The van der Waals surface area contributed by atoms with Gasteiger partial charge < -0.3 is 14.4 Å². The molecule has 1 amide bonds. The summed E-state index contributed by atoms with van der Waals surface area (Å²) >= 11 is 0. The van der Waals surface area contributed by atoms with Gasteiger partial charge in [0.15, 0.2) is 12.4 Å². The lowest BCUT2D eigenvalue weighted by Crippen LogP contribution is -2.49. The highest BCUT2D eigenvalue weighted by Crippen LogP contribution is 2.28. The van der Waals surface area contributed by atoms with Gasteiger partial charge in [-0.2, -0.15) is 0 Å². The molecule has 2 atom stereocenters. The first-order chi connectivity index (χ1) is 11.8. The van der Waals surface area contributed by atoms with Crippen LogP contribution in [-0.4, -0.2) is 47.5 Å². The number of likely N-dealkylation sites (tertiary alicyclic amines) is 1. The van der Waals surface area contributed by atoms with Gasteiger partial charge in [0.2, 0.25) is 0 Å². The first-order valence-corrected chi connectivity index (χ1v) is 8.15. The minimum atomic E-state index is -0.781. The van der Waals surface area contributed by atoms with E-state index < -0.39 is 10.9 Å². The Bertz CT molecular complexity index is 665. The van der Waals surface area contributed by atoms with Crippen LogP contribution in [0.4, 0.5) is 5.69 Å². The Labute approximate surface area is 145 Å². The van der Waals surface area contributed by atoms with Crippen molar-refractivity contribution in [3.8, 4) is 5.75 Å². The Morgan fingerprint density at radius 2 is 1.92 bits per heavy atom. The van der Waals surface area contributed by atoms with Crippen molar-refractivity contribution in [1.29, 1.82) is 0 Å². The summed E-state index contributed by atoms with van der Waals surface area (Å²) < 4.78 is 9.94. The second-order valence-corrected chi connectivity index (χ2v) is 6.15. The zero-order chi connectivity index (χ0) is 18.6. The van der Waals surface area contributed by atoms with Crippen molar-refractivity contribution in [2.24, 2.45) is 0 Å². The molecule has 25 heavy (non-hydrogen) atoms. The summed E-state index contributed by atoms with van der Waals surface area (Å²) in [6, 6.07) is 3.99. The summed E-state index contributed by atoms with van der Waals surface area (Å²) in [4.78, 5) is 36.6. The van der Waals surface area contributed by atoms with E-state index in [1.807, 2.05) is 13.8 Å². The van der Waals surface area contributed by atoms with Gasteiger partial charge in [0, 0.05) is 18.2 Å². The summed E-state index contributed by atoms with van der Waals surface area (Å²) in [5.74, 6) is -0.985. The molecule has 1 aliphatic rings.